The molecule has 26 heavy (non-hydrogen) atoms. The Bertz CT molecular complexity index is 674. The zero-order valence-electron chi connectivity index (χ0n) is 15.7. The van der Waals surface area contributed by atoms with Crippen LogP contribution in [0.15, 0.2) is 24.3 Å². The van der Waals surface area contributed by atoms with Crippen LogP contribution in [-0.4, -0.2) is 55.5 Å². The van der Waals surface area contributed by atoms with Crippen molar-refractivity contribution >= 4 is 17.8 Å². The van der Waals surface area contributed by atoms with Gasteiger partial charge in [0.05, 0.1) is 14.2 Å². The Labute approximate surface area is 153 Å². The number of benzene rings is 1. The number of carbonyl (C=O) groups excluding carboxylic acids is 3. The third-order valence-corrected chi connectivity index (χ3v) is 4.56. The summed E-state index contributed by atoms with van der Waals surface area (Å²) in [6.45, 7) is 4.20. The van der Waals surface area contributed by atoms with Crippen LogP contribution in [-0.2, 0) is 14.3 Å². The second-order valence-corrected chi connectivity index (χ2v) is 6.64. The number of nitrogens with one attached hydrogen (secondary N) is 1. The third-order valence-electron chi connectivity index (χ3n) is 4.56. The van der Waals surface area contributed by atoms with Gasteiger partial charge >= 0.3 is 5.97 Å². The predicted octanol–water partition coefficient (Wildman–Crippen LogP) is 1.61. The molecule has 1 aromatic rings. The van der Waals surface area contributed by atoms with Gasteiger partial charge in [0, 0.05) is 12.1 Å². The topological polar surface area (TPSA) is 84.9 Å². The van der Waals surface area contributed by atoms with Crippen molar-refractivity contribution in [3.05, 3.63) is 29.8 Å². The van der Waals surface area contributed by atoms with Crippen LogP contribution in [0, 0.1) is 5.92 Å². The lowest BCUT2D eigenvalue weighted by atomic mass is 10.0. The molecule has 1 aliphatic heterocycles. The molecule has 1 heterocycles. The molecule has 0 aromatic heterocycles. The minimum absolute atomic E-state index is 0.129. The van der Waals surface area contributed by atoms with Gasteiger partial charge in [0.15, 0.2) is 0 Å². The number of carbonyl (C=O) groups is 3. The number of rotatable bonds is 6. The largest absolute Gasteiger partial charge is 0.497 e. The van der Waals surface area contributed by atoms with Crippen LogP contribution in [0.2, 0.25) is 0 Å². The third kappa shape index (κ3) is 4.33. The Hall–Kier alpha value is -2.57. The predicted molar refractivity (Wildman–Crippen MR) is 95.8 cm³/mol. The Morgan fingerprint density at radius 1 is 1.23 bits per heavy atom. The van der Waals surface area contributed by atoms with E-state index in [9.17, 15) is 14.4 Å². The van der Waals surface area contributed by atoms with Crippen LogP contribution >= 0.6 is 0 Å². The van der Waals surface area contributed by atoms with Gasteiger partial charge in [-0.25, -0.2) is 4.79 Å². The number of methoxy groups -OCH3 is 2. The summed E-state index contributed by atoms with van der Waals surface area (Å²) in [5, 5.41) is 2.80. The molecule has 1 aliphatic rings. The highest BCUT2D eigenvalue weighted by atomic mass is 16.5. The molecule has 2 atom stereocenters. The molecule has 0 bridgehead atoms. The first-order valence-electron chi connectivity index (χ1n) is 8.72. The molecule has 142 valence electrons. The minimum atomic E-state index is -0.723. The number of nitrogens with zero attached hydrogens (tertiary/aromatic N) is 1. The van der Waals surface area contributed by atoms with Crippen LogP contribution in [0.5, 0.6) is 5.75 Å². The SMILES string of the molecule is COC(=O)[C@@H]1CCCN1C(=O)[C@@H](NC(=O)c1cccc(OC)c1)C(C)C. The highest BCUT2D eigenvalue weighted by molar-refractivity contribution is 5.98. The summed E-state index contributed by atoms with van der Waals surface area (Å²) in [4.78, 5) is 39.0. The molecule has 0 spiro atoms. The van der Waals surface area contributed by atoms with E-state index in [1.165, 1.54) is 19.1 Å². The lowest BCUT2D eigenvalue weighted by Crippen LogP contribution is -2.53. The summed E-state index contributed by atoms with van der Waals surface area (Å²) in [6.07, 6.45) is 1.31. The van der Waals surface area contributed by atoms with E-state index in [0.717, 1.165) is 6.42 Å². The fourth-order valence-corrected chi connectivity index (χ4v) is 3.09. The molecule has 0 unspecified atom stereocenters. The van der Waals surface area contributed by atoms with Gasteiger partial charge in [-0.15, -0.1) is 0 Å². The number of hydrogen-bond donors (Lipinski definition) is 1. The van der Waals surface area contributed by atoms with Gasteiger partial charge in [0.1, 0.15) is 17.8 Å². The molecule has 1 fully saturated rings. The van der Waals surface area contributed by atoms with E-state index in [1.807, 2.05) is 13.8 Å². The van der Waals surface area contributed by atoms with Crippen LogP contribution in [0.1, 0.15) is 37.0 Å². The van der Waals surface area contributed by atoms with E-state index in [2.05, 4.69) is 5.32 Å². The monoisotopic (exact) mass is 362 g/mol. The van der Waals surface area contributed by atoms with Crippen molar-refractivity contribution in [1.29, 1.82) is 0 Å². The summed E-state index contributed by atoms with van der Waals surface area (Å²) in [6, 6.07) is 5.43. The number of hydrogen-bond acceptors (Lipinski definition) is 5. The first-order chi connectivity index (χ1) is 12.4. The Balaban J connectivity index is 2.16. The van der Waals surface area contributed by atoms with Gasteiger partial charge in [-0.1, -0.05) is 19.9 Å². The van der Waals surface area contributed by atoms with Crippen molar-refractivity contribution in [3.63, 3.8) is 0 Å². The van der Waals surface area contributed by atoms with E-state index in [-0.39, 0.29) is 17.7 Å². The molecule has 7 heteroatoms. The second kappa shape index (κ2) is 8.69. The van der Waals surface area contributed by atoms with Crippen molar-refractivity contribution in [3.8, 4) is 5.75 Å². The van der Waals surface area contributed by atoms with Crippen LogP contribution in [0.4, 0.5) is 0 Å². The van der Waals surface area contributed by atoms with E-state index >= 15 is 0 Å². The maximum atomic E-state index is 13.0. The molecule has 0 saturated carbocycles. The van der Waals surface area contributed by atoms with Crippen LogP contribution in [0.3, 0.4) is 0 Å². The molecule has 2 rings (SSSR count). The fourth-order valence-electron chi connectivity index (χ4n) is 3.09. The molecule has 1 aromatic carbocycles. The first-order valence-corrected chi connectivity index (χ1v) is 8.72. The van der Waals surface area contributed by atoms with Crippen molar-refractivity contribution in [2.75, 3.05) is 20.8 Å². The summed E-state index contributed by atoms with van der Waals surface area (Å²) >= 11 is 0. The maximum Gasteiger partial charge on any atom is 0.328 e. The Kier molecular flexibility index (Phi) is 6.60. The van der Waals surface area contributed by atoms with Crippen molar-refractivity contribution < 1.29 is 23.9 Å². The maximum absolute atomic E-state index is 13.0. The lowest BCUT2D eigenvalue weighted by molar-refractivity contribution is -0.151. The van der Waals surface area contributed by atoms with Gasteiger partial charge in [-0.05, 0) is 37.0 Å². The van der Waals surface area contributed by atoms with E-state index in [1.54, 1.807) is 24.3 Å². The van der Waals surface area contributed by atoms with Crippen molar-refractivity contribution in [2.24, 2.45) is 5.92 Å². The second-order valence-electron chi connectivity index (χ2n) is 6.64. The molecule has 2 amide bonds. The molecular weight excluding hydrogens is 336 g/mol. The summed E-state index contributed by atoms with van der Waals surface area (Å²) in [5.41, 5.74) is 0.411. The first kappa shape index (κ1) is 19.8. The molecular formula is C19H26N2O5. The number of amides is 2. The quantitative estimate of drug-likeness (QED) is 0.777. The fraction of sp³-hybridized carbons (Fsp3) is 0.526. The standard InChI is InChI=1S/C19H26N2O5/c1-12(2)16(18(23)21-10-6-9-15(21)19(24)26-4)20-17(22)13-7-5-8-14(11-13)25-3/h5,7-8,11-12,15-16H,6,9-10H2,1-4H3,(H,20,22)/t15-,16-/m0/s1. The molecule has 0 aliphatic carbocycles. The number of likely N-dealkylation sites (tertiary alicyclic amines) is 1. The van der Waals surface area contributed by atoms with Gasteiger partial charge < -0.3 is 19.7 Å². The molecule has 1 saturated heterocycles. The highest BCUT2D eigenvalue weighted by Crippen LogP contribution is 2.21. The lowest BCUT2D eigenvalue weighted by Gasteiger charge is -2.29. The summed E-state index contributed by atoms with van der Waals surface area (Å²) < 4.78 is 9.93. The Morgan fingerprint density at radius 3 is 2.58 bits per heavy atom. The van der Waals surface area contributed by atoms with Gasteiger partial charge in [0.2, 0.25) is 5.91 Å². The van der Waals surface area contributed by atoms with Crippen LogP contribution < -0.4 is 10.1 Å². The van der Waals surface area contributed by atoms with Gasteiger partial charge in [-0.2, -0.15) is 0 Å². The smallest absolute Gasteiger partial charge is 0.328 e. The average Bonchev–Trinajstić information content (AvgIpc) is 3.14. The van der Waals surface area contributed by atoms with Crippen LogP contribution in [0.25, 0.3) is 0 Å². The van der Waals surface area contributed by atoms with Crippen molar-refractivity contribution in [1.82, 2.24) is 10.2 Å². The highest BCUT2D eigenvalue weighted by Gasteiger charge is 2.39. The summed E-state index contributed by atoms with van der Waals surface area (Å²) in [5.74, 6) is -0.599. The normalized spacial score (nSPS) is 17.7. The summed E-state index contributed by atoms with van der Waals surface area (Å²) in [7, 11) is 2.84. The molecule has 0 radical (unpaired) electrons. The zero-order valence-corrected chi connectivity index (χ0v) is 15.7. The number of esters is 1. The van der Waals surface area contributed by atoms with E-state index in [0.29, 0.717) is 24.3 Å². The molecule has 1 N–H and O–H groups in total. The van der Waals surface area contributed by atoms with E-state index < -0.39 is 18.1 Å². The average molecular weight is 362 g/mol. The Morgan fingerprint density at radius 2 is 1.96 bits per heavy atom. The number of ether oxygens (including phenoxy) is 2. The molecule has 7 nitrogen and oxygen atoms in total. The minimum Gasteiger partial charge on any atom is -0.497 e. The van der Waals surface area contributed by atoms with Gasteiger partial charge in [0.25, 0.3) is 5.91 Å². The van der Waals surface area contributed by atoms with Gasteiger partial charge in [-0.3, -0.25) is 9.59 Å². The van der Waals surface area contributed by atoms with E-state index in [4.69, 9.17) is 9.47 Å². The van der Waals surface area contributed by atoms with Crippen molar-refractivity contribution in [2.45, 2.75) is 38.8 Å². The zero-order chi connectivity index (χ0) is 19.3.